The van der Waals surface area contributed by atoms with Gasteiger partial charge in [0.05, 0.1) is 22.1 Å². The van der Waals surface area contributed by atoms with Gasteiger partial charge in [0.25, 0.3) is 0 Å². The average Bonchev–Trinajstić information content (AvgIpc) is 3.51. The minimum Gasteiger partial charge on any atom is -0.369 e. The van der Waals surface area contributed by atoms with Crippen molar-refractivity contribution >= 4 is 27.8 Å². The molecule has 5 fully saturated rings. The Morgan fingerprint density at radius 1 is 0.600 bits per heavy atom. The lowest BCUT2D eigenvalue weighted by Crippen LogP contribution is -2.51. The number of imidazole rings is 2. The zero-order valence-corrected chi connectivity index (χ0v) is 33.6. The lowest BCUT2D eigenvalue weighted by molar-refractivity contribution is 0.0561. The molecule has 3 saturated carbocycles. The molecule has 6 heterocycles. The zero-order valence-electron chi connectivity index (χ0n) is 33.6. The number of hydrogen-bond acceptors (Lipinski definition) is 7. The highest BCUT2D eigenvalue weighted by molar-refractivity contribution is 5.81. The summed E-state index contributed by atoms with van der Waals surface area (Å²) >= 11 is 0. The third kappa shape index (κ3) is 6.72. The van der Waals surface area contributed by atoms with Crippen molar-refractivity contribution in [2.75, 3.05) is 70.3 Å². The number of anilines is 1. The second kappa shape index (κ2) is 14.8. The quantitative estimate of drug-likeness (QED) is 0.198. The third-order valence-electron chi connectivity index (χ3n) is 15.9. The number of aromatic nitrogens is 4. The molecule has 2 saturated heterocycles. The molecule has 2 aromatic heterocycles. The largest absolute Gasteiger partial charge is 0.369 e. The molecular weight excluding hydrogens is 679 g/mol. The van der Waals surface area contributed by atoms with Crippen molar-refractivity contribution in [1.29, 1.82) is 0 Å². The van der Waals surface area contributed by atoms with Gasteiger partial charge in [-0.15, -0.1) is 0 Å². The minimum atomic E-state index is 0.666. The van der Waals surface area contributed by atoms with Crippen LogP contribution in [-0.4, -0.2) is 128 Å². The zero-order chi connectivity index (χ0) is 36.5. The monoisotopic (exact) mass is 744 g/mol. The van der Waals surface area contributed by atoms with Gasteiger partial charge < -0.3 is 14.0 Å². The maximum atomic E-state index is 5.27. The van der Waals surface area contributed by atoms with Gasteiger partial charge >= 0.3 is 0 Å². The molecule has 4 aromatic rings. The molecule has 2 aromatic carbocycles. The van der Waals surface area contributed by atoms with Crippen molar-refractivity contribution in [3.05, 3.63) is 53.6 Å². The van der Waals surface area contributed by atoms with E-state index < -0.39 is 0 Å². The number of fused-ring (bicyclic) bond motifs is 6. The second-order valence-corrected chi connectivity index (χ2v) is 19.0. The summed E-state index contributed by atoms with van der Waals surface area (Å²) in [7, 11) is 0. The predicted octanol–water partition coefficient (Wildman–Crippen LogP) is 6.77. The number of nitrogens with zero attached hydrogens (tertiary/aromatic N) is 9. The van der Waals surface area contributed by atoms with Crippen LogP contribution in [0.15, 0.2) is 36.4 Å². The molecule has 9 heteroatoms. The van der Waals surface area contributed by atoms with Crippen LogP contribution >= 0.6 is 0 Å². The van der Waals surface area contributed by atoms with Crippen molar-refractivity contribution in [2.45, 2.75) is 134 Å². The molecule has 4 aliphatic heterocycles. The number of likely N-dealkylation sites (tertiary alicyclic amines) is 1. The standard InChI is InChI=1S/C46H65N9/c1-33(49-19-21-52(22-20-49)39-11-13-44-42(31-39)48-46-14-17-50(23-25-55(44)46)37-6-2-7-37)27-34-28-40(29-34)51-18-15-45-47-41-30-35(10-12-43(41)54(45)26-24-51)36-5-4-16-53(32-36)38-8-3-9-38/h10-13,30-31,33-34,36-38,40H,2-9,14-29,32H2,1H3. The van der Waals surface area contributed by atoms with E-state index in [0.29, 0.717) is 12.0 Å². The molecule has 294 valence electrons. The van der Waals surface area contributed by atoms with Crippen molar-refractivity contribution in [2.24, 2.45) is 5.92 Å². The summed E-state index contributed by atoms with van der Waals surface area (Å²) in [6.45, 7) is 16.5. The first-order chi connectivity index (χ1) is 27.1. The van der Waals surface area contributed by atoms with Gasteiger partial charge in [0.1, 0.15) is 11.6 Å². The molecule has 7 aliphatic rings. The van der Waals surface area contributed by atoms with Crippen LogP contribution < -0.4 is 4.90 Å². The van der Waals surface area contributed by atoms with Crippen LogP contribution in [-0.2, 0) is 25.9 Å². The van der Waals surface area contributed by atoms with Gasteiger partial charge in [-0.1, -0.05) is 18.9 Å². The van der Waals surface area contributed by atoms with Crippen LogP contribution in [0.5, 0.6) is 0 Å². The van der Waals surface area contributed by atoms with Crippen molar-refractivity contribution < 1.29 is 0 Å². The molecule has 2 unspecified atom stereocenters. The summed E-state index contributed by atoms with van der Waals surface area (Å²) in [5.41, 5.74) is 8.01. The highest BCUT2D eigenvalue weighted by atomic mass is 15.3. The van der Waals surface area contributed by atoms with Gasteiger partial charge in [-0.2, -0.15) is 0 Å². The summed E-state index contributed by atoms with van der Waals surface area (Å²) in [4.78, 5) is 24.2. The Morgan fingerprint density at radius 3 is 1.91 bits per heavy atom. The van der Waals surface area contributed by atoms with Gasteiger partial charge in [-0.3, -0.25) is 19.6 Å². The van der Waals surface area contributed by atoms with Gasteiger partial charge in [-0.25, -0.2) is 9.97 Å². The van der Waals surface area contributed by atoms with Crippen molar-refractivity contribution in [3.63, 3.8) is 0 Å². The molecule has 3 aliphatic carbocycles. The summed E-state index contributed by atoms with van der Waals surface area (Å²) in [5, 5.41) is 0. The van der Waals surface area contributed by atoms with E-state index in [2.05, 4.69) is 77.0 Å². The van der Waals surface area contributed by atoms with Crippen LogP contribution in [0.4, 0.5) is 5.69 Å². The Balaban J connectivity index is 0.643. The first kappa shape index (κ1) is 35.2. The fraction of sp³-hybridized carbons (Fsp3) is 0.696. The smallest absolute Gasteiger partial charge is 0.111 e. The van der Waals surface area contributed by atoms with Crippen LogP contribution in [0.1, 0.15) is 101 Å². The third-order valence-corrected chi connectivity index (χ3v) is 15.9. The lowest BCUT2D eigenvalue weighted by atomic mass is 9.75. The first-order valence-electron chi connectivity index (χ1n) is 22.8. The number of piperazine rings is 1. The fourth-order valence-electron chi connectivity index (χ4n) is 12.0. The Labute approximate surface area is 329 Å². The second-order valence-electron chi connectivity index (χ2n) is 19.0. The van der Waals surface area contributed by atoms with Gasteiger partial charge in [-0.05, 0) is 119 Å². The summed E-state index contributed by atoms with van der Waals surface area (Å²) in [6, 6.07) is 17.5. The van der Waals surface area contributed by atoms with E-state index in [9.17, 15) is 0 Å². The maximum Gasteiger partial charge on any atom is 0.111 e. The van der Waals surface area contributed by atoms with Gasteiger partial charge in [0.2, 0.25) is 0 Å². The summed E-state index contributed by atoms with van der Waals surface area (Å²) in [5.74, 6) is 4.15. The first-order valence-corrected chi connectivity index (χ1v) is 22.8. The van der Waals surface area contributed by atoms with E-state index in [1.54, 1.807) is 0 Å². The molecule has 11 rings (SSSR count). The molecule has 0 radical (unpaired) electrons. The van der Waals surface area contributed by atoms with Crippen LogP contribution in [0.2, 0.25) is 0 Å². The van der Waals surface area contributed by atoms with Crippen molar-refractivity contribution in [3.8, 4) is 0 Å². The lowest BCUT2D eigenvalue weighted by Gasteiger charge is -2.46. The Hall–Kier alpha value is -2.98. The van der Waals surface area contributed by atoms with Crippen LogP contribution in [0.3, 0.4) is 0 Å². The van der Waals surface area contributed by atoms with E-state index in [0.717, 1.165) is 69.6 Å². The SMILES string of the molecule is CC(CC1CC(N2CCc3nc4cc(C5CCCN(C6CCC6)C5)ccc4n3CC2)C1)N1CCN(c2ccc3c(c2)nc2n3CCN(C3CCC3)CC2)CC1. The topological polar surface area (TPSA) is 51.8 Å². The molecule has 0 bridgehead atoms. The Bertz CT molecular complexity index is 1980. The van der Waals surface area contributed by atoms with E-state index in [-0.39, 0.29) is 0 Å². The predicted molar refractivity (Wildman–Crippen MR) is 223 cm³/mol. The van der Waals surface area contributed by atoms with E-state index in [1.165, 1.54) is 161 Å². The van der Waals surface area contributed by atoms with E-state index in [4.69, 9.17) is 9.97 Å². The summed E-state index contributed by atoms with van der Waals surface area (Å²) in [6.07, 6.45) is 17.4. The van der Waals surface area contributed by atoms with Gasteiger partial charge in [0.15, 0.2) is 0 Å². The van der Waals surface area contributed by atoms with Crippen molar-refractivity contribution in [1.82, 2.24) is 38.7 Å². The normalized spacial score (nSPS) is 28.6. The Morgan fingerprint density at radius 2 is 1.24 bits per heavy atom. The van der Waals surface area contributed by atoms with Crippen LogP contribution in [0, 0.1) is 5.92 Å². The fourth-order valence-corrected chi connectivity index (χ4v) is 12.0. The maximum absolute atomic E-state index is 5.27. The number of rotatable bonds is 8. The van der Waals surface area contributed by atoms with E-state index in [1.807, 2.05) is 0 Å². The number of benzene rings is 2. The number of piperidine rings is 1. The molecule has 0 spiro atoms. The minimum absolute atomic E-state index is 0.666. The molecule has 9 nitrogen and oxygen atoms in total. The molecule has 0 amide bonds. The molecule has 0 N–H and O–H groups in total. The Kier molecular flexibility index (Phi) is 9.44. The van der Waals surface area contributed by atoms with Crippen LogP contribution in [0.25, 0.3) is 22.1 Å². The molecule has 55 heavy (non-hydrogen) atoms. The highest BCUT2D eigenvalue weighted by Gasteiger charge is 2.37. The summed E-state index contributed by atoms with van der Waals surface area (Å²) < 4.78 is 5.07. The van der Waals surface area contributed by atoms with E-state index >= 15 is 0 Å². The van der Waals surface area contributed by atoms with Gasteiger partial charge in [0, 0.05) is 115 Å². The molecular formula is C46H65N9. The highest BCUT2D eigenvalue weighted by Crippen LogP contribution is 2.38. The average molecular weight is 744 g/mol. The number of hydrogen-bond donors (Lipinski definition) is 0. The molecule has 2 atom stereocenters.